The van der Waals surface area contributed by atoms with Crippen LogP contribution in [0.4, 0.5) is 0 Å². The van der Waals surface area contributed by atoms with Gasteiger partial charge in [0.1, 0.15) is 5.76 Å². The minimum absolute atomic E-state index is 0. The molecular formula is C20H31IN4O2. The van der Waals surface area contributed by atoms with Gasteiger partial charge in [-0.25, -0.2) is 0 Å². The van der Waals surface area contributed by atoms with Gasteiger partial charge in [0, 0.05) is 13.1 Å². The second kappa shape index (κ2) is 12.7. The highest BCUT2D eigenvalue weighted by Gasteiger charge is 2.16. The van der Waals surface area contributed by atoms with E-state index in [4.69, 9.17) is 4.42 Å². The molecule has 0 spiro atoms. The van der Waals surface area contributed by atoms with Crippen molar-refractivity contribution in [1.82, 2.24) is 15.5 Å². The second-order valence-corrected chi connectivity index (χ2v) is 6.36. The topological polar surface area (TPSA) is 73.0 Å². The zero-order chi connectivity index (χ0) is 18.8. The van der Waals surface area contributed by atoms with Gasteiger partial charge >= 0.3 is 0 Å². The smallest absolute Gasteiger partial charge is 0.191 e. The molecule has 2 rings (SSSR count). The number of aliphatic hydroxyl groups excluding tert-OH is 1. The monoisotopic (exact) mass is 486 g/mol. The molecule has 3 N–H and O–H groups in total. The van der Waals surface area contributed by atoms with Crippen LogP contribution < -0.4 is 10.6 Å². The Bertz CT molecular complexity index is 647. The quantitative estimate of drug-likeness (QED) is 0.289. The number of aliphatic hydroxyl groups is 1. The Hall–Kier alpha value is -1.58. The highest BCUT2D eigenvalue weighted by Crippen LogP contribution is 2.19. The van der Waals surface area contributed by atoms with Gasteiger partial charge in [0.15, 0.2) is 5.96 Å². The minimum Gasteiger partial charge on any atom is -0.468 e. The first-order valence-corrected chi connectivity index (χ1v) is 9.06. The summed E-state index contributed by atoms with van der Waals surface area (Å²) in [4.78, 5) is 6.76. The van der Waals surface area contributed by atoms with Crippen LogP contribution in [0.1, 0.15) is 36.8 Å². The molecule has 0 fully saturated rings. The van der Waals surface area contributed by atoms with Crippen molar-refractivity contribution in [3.8, 4) is 0 Å². The molecule has 0 amide bonds. The van der Waals surface area contributed by atoms with Gasteiger partial charge in [0.2, 0.25) is 0 Å². The fraction of sp³-hybridized carbons (Fsp3) is 0.450. The zero-order valence-electron chi connectivity index (χ0n) is 16.3. The number of hydrogen-bond acceptors (Lipinski definition) is 4. The summed E-state index contributed by atoms with van der Waals surface area (Å²) >= 11 is 0. The van der Waals surface area contributed by atoms with Crippen molar-refractivity contribution in [2.45, 2.75) is 25.5 Å². The van der Waals surface area contributed by atoms with Gasteiger partial charge in [-0.05, 0) is 45.1 Å². The third-order valence-electron chi connectivity index (χ3n) is 4.16. The molecule has 0 saturated carbocycles. The van der Waals surface area contributed by atoms with E-state index >= 15 is 0 Å². The lowest BCUT2D eigenvalue weighted by Gasteiger charge is -2.21. The van der Waals surface area contributed by atoms with Crippen molar-refractivity contribution in [2.75, 3.05) is 33.7 Å². The number of halogens is 1. The van der Waals surface area contributed by atoms with Gasteiger partial charge in [0.05, 0.1) is 25.0 Å². The first-order valence-electron chi connectivity index (χ1n) is 9.06. The van der Waals surface area contributed by atoms with Gasteiger partial charge in [-0.3, -0.25) is 9.89 Å². The van der Waals surface area contributed by atoms with E-state index in [2.05, 4.69) is 20.5 Å². The van der Waals surface area contributed by atoms with Crippen LogP contribution in [0.2, 0.25) is 0 Å². The third-order valence-corrected chi connectivity index (χ3v) is 4.16. The van der Waals surface area contributed by atoms with Crippen LogP contribution in [0.3, 0.4) is 0 Å². The lowest BCUT2D eigenvalue weighted by molar-refractivity contribution is 0.168. The Labute approximate surface area is 179 Å². The molecule has 0 bridgehead atoms. The molecule has 0 aliphatic rings. The number of aliphatic imine (C=N–C) groups is 1. The molecule has 7 heteroatoms. The Balaban J connectivity index is 0.00000364. The van der Waals surface area contributed by atoms with E-state index in [9.17, 15) is 5.11 Å². The Morgan fingerprint density at radius 2 is 1.89 bits per heavy atom. The number of furan rings is 1. The second-order valence-electron chi connectivity index (χ2n) is 6.36. The van der Waals surface area contributed by atoms with Crippen LogP contribution >= 0.6 is 24.0 Å². The van der Waals surface area contributed by atoms with Crippen molar-refractivity contribution < 1.29 is 9.52 Å². The molecule has 2 aromatic rings. The maximum atomic E-state index is 10.3. The van der Waals surface area contributed by atoms with Gasteiger partial charge in [-0.2, -0.15) is 0 Å². The average molecular weight is 486 g/mol. The standard InChI is InChI=1S/C20H30N4O2.HI/c1-4-21-20(22-13-12-18(25)16-9-6-5-7-10-16)23-15-17(24(2)3)19-11-8-14-26-19;/h5-11,14,17-18,25H,4,12-13,15H2,1-3H3,(H2,21,22,23);1H. The van der Waals surface area contributed by atoms with Crippen LogP contribution in [-0.4, -0.2) is 49.7 Å². The number of nitrogens with zero attached hydrogens (tertiary/aromatic N) is 2. The van der Waals surface area contributed by atoms with E-state index in [1.165, 1.54) is 0 Å². The maximum absolute atomic E-state index is 10.3. The molecule has 0 saturated heterocycles. The van der Waals surface area contributed by atoms with E-state index in [0.717, 1.165) is 23.8 Å². The molecule has 27 heavy (non-hydrogen) atoms. The van der Waals surface area contributed by atoms with Crippen LogP contribution in [0.25, 0.3) is 0 Å². The first kappa shape index (κ1) is 23.5. The first-order chi connectivity index (χ1) is 12.6. The molecule has 1 heterocycles. The van der Waals surface area contributed by atoms with Crippen LogP contribution in [-0.2, 0) is 0 Å². The van der Waals surface area contributed by atoms with Crippen molar-refractivity contribution >= 4 is 29.9 Å². The predicted molar refractivity (Wildman–Crippen MR) is 121 cm³/mol. The summed E-state index contributed by atoms with van der Waals surface area (Å²) in [6, 6.07) is 13.6. The third kappa shape index (κ3) is 7.90. The minimum atomic E-state index is -0.482. The molecule has 0 aliphatic heterocycles. The van der Waals surface area contributed by atoms with E-state index in [0.29, 0.717) is 19.5 Å². The number of rotatable bonds is 9. The molecule has 1 aromatic heterocycles. The number of likely N-dealkylation sites (N-methyl/N-ethyl adjacent to an activating group) is 1. The van der Waals surface area contributed by atoms with Crippen molar-refractivity contribution in [1.29, 1.82) is 0 Å². The number of nitrogens with one attached hydrogen (secondary N) is 2. The summed E-state index contributed by atoms with van der Waals surface area (Å²) in [6.07, 6.45) is 1.82. The fourth-order valence-electron chi connectivity index (χ4n) is 2.68. The van der Waals surface area contributed by atoms with Gasteiger partial charge in [-0.1, -0.05) is 30.3 Å². The predicted octanol–water partition coefficient (Wildman–Crippen LogP) is 3.18. The average Bonchev–Trinajstić information content (AvgIpc) is 3.16. The Morgan fingerprint density at radius 3 is 2.48 bits per heavy atom. The summed E-state index contributed by atoms with van der Waals surface area (Å²) in [5.41, 5.74) is 0.932. The van der Waals surface area contributed by atoms with E-state index in [1.54, 1.807) is 6.26 Å². The molecular weight excluding hydrogens is 455 g/mol. The summed E-state index contributed by atoms with van der Waals surface area (Å²) in [7, 11) is 4.03. The molecule has 1 aromatic carbocycles. The fourth-order valence-corrected chi connectivity index (χ4v) is 2.68. The summed E-state index contributed by atoms with van der Waals surface area (Å²) < 4.78 is 5.53. The molecule has 150 valence electrons. The number of hydrogen-bond donors (Lipinski definition) is 3. The van der Waals surface area contributed by atoms with Gasteiger partial charge in [-0.15, -0.1) is 24.0 Å². The van der Waals surface area contributed by atoms with Crippen LogP contribution in [0, 0.1) is 0 Å². The lowest BCUT2D eigenvalue weighted by atomic mass is 10.1. The SMILES string of the molecule is CCNC(=NCC(c1ccco1)N(C)C)NCCC(O)c1ccccc1.I. The highest BCUT2D eigenvalue weighted by molar-refractivity contribution is 14.0. The van der Waals surface area contributed by atoms with Gasteiger partial charge in [0.25, 0.3) is 0 Å². The Kier molecular flexibility index (Phi) is 11.1. The van der Waals surface area contributed by atoms with Crippen molar-refractivity contribution in [3.63, 3.8) is 0 Å². The maximum Gasteiger partial charge on any atom is 0.191 e. The molecule has 2 atom stereocenters. The Morgan fingerprint density at radius 1 is 1.15 bits per heavy atom. The van der Waals surface area contributed by atoms with E-state index in [1.807, 2.05) is 63.5 Å². The molecule has 2 unspecified atom stereocenters. The van der Waals surface area contributed by atoms with Gasteiger partial charge < -0.3 is 20.2 Å². The van der Waals surface area contributed by atoms with Crippen molar-refractivity contribution in [3.05, 3.63) is 60.1 Å². The largest absolute Gasteiger partial charge is 0.468 e. The van der Waals surface area contributed by atoms with Crippen molar-refractivity contribution in [2.24, 2.45) is 4.99 Å². The summed E-state index contributed by atoms with van der Waals surface area (Å²) in [6.45, 7) is 4.03. The number of benzene rings is 1. The van der Waals surface area contributed by atoms with E-state index in [-0.39, 0.29) is 30.0 Å². The zero-order valence-corrected chi connectivity index (χ0v) is 18.6. The molecule has 6 nitrogen and oxygen atoms in total. The van der Waals surface area contributed by atoms with E-state index < -0.39 is 6.10 Å². The lowest BCUT2D eigenvalue weighted by Crippen LogP contribution is -2.39. The van der Waals surface area contributed by atoms with Crippen LogP contribution in [0.5, 0.6) is 0 Å². The summed E-state index contributed by atoms with van der Waals surface area (Å²) in [5, 5.41) is 16.8. The molecule has 0 aliphatic carbocycles. The normalized spacial score (nSPS) is 13.7. The molecule has 0 radical (unpaired) electrons. The number of guanidine groups is 1. The van der Waals surface area contributed by atoms with Crippen LogP contribution in [0.15, 0.2) is 58.1 Å². The summed E-state index contributed by atoms with van der Waals surface area (Å²) in [5.74, 6) is 1.64. The highest BCUT2D eigenvalue weighted by atomic mass is 127.